The van der Waals surface area contributed by atoms with E-state index in [1.54, 1.807) is 0 Å². The first-order valence-corrected chi connectivity index (χ1v) is 4.49. The van der Waals surface area contributed by atoms with Gasteiger partial charge in [0.05, 0.1) is 0 Å². The Bertz CT molecular complexity index is 338. The minimum Gasteiger partial charge on any atom is -0.373 e. The van der Waals surface area contributed by atoms with E-state index in [-0.39, 0.29) is 11.9 Å². The maximum atomic E-state index is 11.4. The van der Waals surface area contributed by atoms with Crippen molar-refractivity contribution in [1.29, 1.82) is 0 Å². The number of likely N-dealkylation sites (N-methyl/N-ethyl adjacent to an activating group) is 1. The Kier molecular flexibility index (Phi) is 2.13. The standard InChI is InChI=1S/C10H12N2O2/c1-12(14)10(13)9-6-7-4-2-3-5-8(7)11-9/h2-5,9,11,14H,6H2,1H3/t9-/m0/s1. The van der Waals surface area contributed by atoms with Crippen LogP contribution in [0.25, 0.3) is 0 Å². The van der Waals surface area contributed by atoms with Crippen molar-refractivity contribution in [2.45, 2.75) is 12.5 Å². The molecule has 4 heteroatoms. The Labute approximate surface area is 82.1 Å². The number of para-hydroxylation sites is 1. The van der Waals surface area contributed by atoms with Gasteiger partial charge in [-0.15, -0.1) is 0 Å². The second-order valence-electron chi connectivity index (χ2n) is 3.42. The SMILES string of the molecule is CN(O)C(=O)[C@@H]1Cc2ccccc2N1. The fourth-order valence-electron chi connectivity index (χ4n) is 1.67. The van der Waals surface area contributed by atoms with Gasteiger partial charge in [0.15, 0.2) is 0 Å². The van der Waals surface area contributed by atoms with E-state index in [9.17, 15) is 4.79 Å². The van der Waals surface area contributed by atoms with Gasteiger partial charge < -0.3 is 5.32 Å². The van der Waals surface area contributed by atoms with E-state index < -0.39 is 0 Å². The summed E-state index contributed by atoms with van der Waals surface area (Å²) in [5.74, 6) is -0.304. The first-order valence-electron chi connectivity index (χ1n) is 4.49. The molecule has 1 aromatic carbocycles. The Balaban J connectivity index is 2.16. The lowest BCUT2D eigenvalue weighted by molar-refractivity contribution is -0.160. The minimum atomic E-state index is -0.331. The van der Waals surface area contributed by atoms with Crippen LogP contribution in [-0.2, 0) is 11.2 Å². The number of carbonyl (C=O) groups is 1. The molecular weight excluding hydrogens is 180 g/mol. The molecule has 4 nitrogen and oxygen atoms in total. The molecule has 0 bridgehead atoms. The highest BCUT2D eigenvalue weighted by Crippen LogP contribution is 2.25. The molecule has 1 aliphatic rings. The molecule has 1 heterocycles. The van der Waals surface area contributed by atoms with Crippen LogP contribution in [0.3, 0.4) is 0 Å². The van der Waals surface area contributed by atoms with Crippen LogP contribution in [0.4, 0.5) is 5.69 Å². The van der Waals surface area contributed by atoms with Crippen LogP contribution in [0.5, 0.6) is 0 Å². The summed E-state index contributed by atoms with van der Waals surface area (Å²) in [5.41, 5.74) is 2.10. The summed E-state index contributed by atoms with van der Waals surface area (Å²) in [4.78, 5) is 11.4. The molecule has 0 fully saturated rings. The molecule has 0 saturated carbocycles. The Morgan fingerprint density at radius 1 is 1.57 bits per heavy atom. The molecular formula is C10H12N2O2. The number of benzene rings is 1. The van der Waals surface area contributed by atoms with Gasteiger partial charge in [0, 0.05) is 19.2 Å². The third-order valence-electron chi connectivity index (χ3n) is 2.39. The number of rotatable bonds is 1. The maximum absolute atomic E-state index is 11.4. The zero-order valence-electron chi connectivity index (χ0n) is 7.90. The lowest BCUT2D eigenvalue weighted by Gasteiger charge is -2.14. The molecule has 0 aliphatic carbocycles. The molecule has 1 atom stereocenters. The summed E-state index contributed by atoms with van der Waals surface area (Å²) >= 11 is 0. The number of hydroxylamine groups is 2. The fourth-order valence-corrected chi connectivity index (χ4v) is 1.67. The van der Waals surface area contributed by atoms with E-state index in [0.29, 0.717) is 11.5 Å². The molecule has 1 aliphatic heterocycles. The Hall–Kier alpha value is -1.55. The monoisotopic (exact) mass is 192 g/mol. The van der Waals surface area contributed by atoms with Gasteiger partial charge in [-0.25, -0.2) is 5.06 Å². The van der Waals surface area contributed by atoms with Crippen molar-refractivity contribution in [3.05, 3.63) is 29.8 Å². The number of fused-ring (bicyclic) bond motifs is 1. The highest BCUT2D eigenvalue weighted by molar-refractivity contribution is 5.86. The van der Waals surface area contributed by atoms with E-state index in [0.717, 1.165) is 11.3 Å². The molecule has 0 radical (unpaired) electrons. The van der Waals surface area contributed by atoms with Crippen LogP contribution in [-0.4, -0.2) is 29.3 Å². The van der Waals surface area contributed by atoms with Crippen LogP contribution in [0, 0.1) is 0 Å². The predicted molar refractivity (Wildman–Crippen MR) is 52.1 cm³/mol. The van der Waals surface area contributed by atoms with Gasteiger partial charge in [-0.1, -0.05) is 18.2 Å². The van der Waals surface area contributed by atoms with Crippen molar-refractivity contribution in [2.24, 2.45) is 0 Å². The molecule has 2 N–H and O–H groups in total. The van der Waals surface area contributed by atoms with Crippen molar-refractivity contribution in [2.75, 3.05) is 12.4 Å². The summed E-state index contributed by atoms with van der Waals surface area (Å²) < 4.78 is 0. The van der Waals surface area contributed by atoms with E-state index in [4.69, 9.17) is 5.21 Å². The quantitative estimate of drug-likeness (QED) is 0.513. The normalized spacial score (nSPS) is 18.6. The topological polar surface area (TPSA) is 52.6 Å². The maximum Gasteiger partial charge on any atom is 0.268 e. The van der Waals surface area contributed by atoms with E-state index in [1.165, 1.54) is 7.05 Å². The van der Waals surface area contributed by atoms with Crippen LogP contribution in [0.1, 0.15) is 5.56 Å². The third-order valence-corrected chi connectivity index (χ3v) is 2.39. The van der Waals surface area contributed by atoms with Crippen LogP contribution in [0.15, 0.2) is 24.3 Å². The molecule has 1 aromatic rings. The number of amides is 1. The van der Waals surface area contributed by atoms with E-state index in [1.807, 2.05) is 24.3 Å². The molecule has 1 amide bonds. The van der Waals surface area contributed by atoms with E-state index >= 15 is 0 Å². The Morgan fingerprint density at radius 3 is 2.93 bits per heavy atom. The number of carbonyl (C=O) groups excluding carboxylic acids is 1. The lowest BCUT2D eigenvalue weighted by Crippen LogP contribution is -2.37. The van der Waals surface area contributed by atoms with Crippen molar-refractivity contribution >= 4 is 11.6 Å². The molecule has 14 heavy (non-hydrogen) atoms. The number of hydrogen-bond donors (Lipinski definition) is 2. The molecule has 0 spiro atoms. The smallest absolute Gasteiger partial charge is 0.268 e. The number of nitrogens with zero attached hydrogens (tertiary/aromatic N) is 1. The van der Waals surface area contributed by atoms with Gasteiger partial charge in [0.1, 0.15) is 6.04 Å². The van der Waals surface area contributed by atoms with Crippen molar-refractivity contribution in [3.63, 3.8) is 0 Å². The van der Waals surface area contributed by atoms with Crippen LogP contribution < -0.4 is 5.32 Å². The number of hydrogen-bond acceptors (Lipinski definition) is 3. The molecule has 0 saturated heterocycles. The molecule has 0 aromatic heterocycles. The van der Waals surface area contributed by atoms with Gasteiger partial charge in [-0.05, 0) is 11.6 Å². The van der Waals surface area contributed by atoms with Gasteiger partial charge in [0.2, 0.25) is 0 Å². The van der Waals surface area contributed by atoms with E-state index in [2.05, 4.69) is 5.32 Å². The lowest BCUT2D eigenvalue weighted by atomic mass is 10.1. The van der Waals surface area contributed by atoms with Gasteiger partial charge in [-0.2, -0.15) is 0 Å². The molecule has 74 valence electrons. The van der Waals surface area contributed by atoms with Crippen molar-refractivity contribution in [1.82, 2.24) is 5.06 Å². The fraction of sp³-hybridized carbons (Fsp3) is 0.300. The summed E-state index contributed by atoms with van der Waals surface area (Å²) in [7, 11) is 1.34. The second-order valence-corrected chi connectivity index (χ2v) is 3.42. The van der Waals surface area contributed by atoms with Gasteiger partial charge in [-0.3, -0.25) is 10.0 Å². The summed E-state index contributed by atoms with van der Waals surface area (Å²) in [5, 5.41) is 12.7. The highest BCUT2D eigenvalue weighted by Gasteiger charge is 2.27. The zero-order valence-corrected chi connectivity index (χ0v) is 7.90. The summed E-state index contributed by atoms with van der Waals surface area (Å²) in [6, 6.07) is 7.44. The first kappa shape index (κ1) is 9.02. The number of anilines is 1. The average molecular weight is 192 g/mol. The highest BCUT2D eigenvalue weighted by atomic mass is 16.5. The predicted octanol–water partition coefficient (Wildman–Crippen LogP) is 0.871. The zero-order chi connectivity index (χ0) is 10.1. The average Bonchev–Trinajstić information content (AvgIpc) is 2.59. The number of nitrogens with one attached hydrogen (secondary N) is 1. The van der Waals surface area contributed by atoms with Crippen molar-refractivity contribution < 1.29 is 10.0 Å². The van der Waals surface area contributed by atoms with Crippen LogP contribution in [0.2, 0.25) is 0 Å². The van der Waals surface area contributed by atoms with Gasteiger partial charge >= 0.3 is 0 Å². The van der Waals surface area contributed by atoms with Crippen molar-refractivity contribution in [3.8, 4) is 0 Å². The van der Waals surface area contributed by atoms with Crippen LogP contribution >= 0.6 is 0 Å². The minimum absolute atomic E-state index is 0.304. The summed E-state index contributed by atoms with van der Waals surface area (Å²) in [6.07, 6.45) is 0.639. The third kappa shape index (κ3) is 1.44. The second kappa shape index (κ2) is 3.31. The molecule has 0 unspecified atom stereocenters. The molecule has 2 rings (SSSR count). The first-order chi connectivity index (χ1) is 6.68. The Morgan fingerprint density at radius 2 is 2.29 bits per heavy atom. The summed E-state index contributed by atoms with van der Waals surface area (Å²) in [6.45, 7) is 0. The largest absolute Gasteiger partial charge is 0.373 e. The van der Waals surface area contributed by atoms with Gasteiger partial charge in [0.25, 0.3) is 5.91 Å².